The molecule has 6 nitrogen and oxygen atoms in total. The van der Waals surface area contributed by atoms with Crippen molar-refractivity contribution in [1.29, 1.82) is 0 Å². The number of fused-ring (bicyclic) bond motifs is 1. The lowest BCUT2D eigenvalue weighted by Gasteiger charge is -2.15. The second kappa shape index (κ2) is 8.86. The summed E-state index contributed by atoms with van der Waals surface area (Å²) in [6.07, 6.45) is -3.02. The van der Waals surface area contributed by atoms with E-state index in [-0.39, 0.29) is 30.0 Å². The highest BCUT2D eigenvalue weighted by Gasteiger charge is 2.31. The zero-order valence-corrected chi connectivity index (χ0v) is 18.1. The van der Waals surface area contributed by atoms with E-state index in [1.807, 2.05) is 6.92 Å². The standard InChI is InChI=1S/C22H18ClF4N5O/c1-2-31-12-29-18-19(31)30-21(32(20(18)33)16-7-5-15(23)6-8-16)28-10-9-13-3-4-14(11-17(13)24)22(25,26)27/h3-8,11-12H,2,9-10H2,1H3,(H,28,30). The van der Waals surface area contributed by atoms with Crippen molar-refractivity contribution in [3.05, 3.63) is 81.1 Å². The summed E-state index contributed by atoms with van der Waals surface area (Å²) in [7, 11) is 0. The van der Waals surface area contributed by atoms with E-state index in [4.69, 9.17) is 11.6 Å². The molecule has 0 aliphatic rings. The molecule has 0 bridgehead atoms. The first-order valence-corrected chi connectivity index (χ1v) is 10.4. The van der Waals surface area contributed by atoms with Crippen LogP contribution in [0.4, 0.5) is 23.5 Å². The van der Waals surface area contributed by atoms with Gasteiger partial charge in [-0.1, -0.05) is 17.7 Å². The predicted molar refractivity (Wildman–Crippen MR) is 117 cm³/mol. The minimum absolute atomic E-state index is 0.0749. The van der Waals surface area contributed by atoms with E-state index >= 15 is 0 Å². The Bertz CT molecular complexity index is 1360. The first-order chi connectivity index (χ1) is 15.7. The number of hydrogen-bond donors (Lipinski definition) is 1. The molecule has 4 aromatic rings. The second-order valence-electron chi connectivity index (χ2n) is 7.24. The Morgan fingerprint density at radius 1 is 1.12 bits per heavy atom. The smallest absolute Gasteiger partial charge is 0.355 e. The van der Waals surface area contributed by atoms with Gasteiger partial charge in [0, 0.05) is 18.1 Å². The predicted octanol–water partition coefficient (Wildman–Crippen LogP) is 5.07. The summed E-state index contributed by atoms with van der Waals surface area (Å²) < 4.78 is 55.5. The summed E-state index contributed by atoms with van der Waals surface area (Å²) in [6.45, 7) is 2.55. The maximum atomic E-state index is 14.2. The third-order valence-electron chi connectivity index (χ3n) is 5.12. The van der Waals surface area contributed by atoms with Crippen molar-refractivity contribution in [2.75, 3.05) is 11.9 Å². The molecule has 11 heteroatoms. The molecule has 0 atom stereocenters. The van der Waals surface area contributed by atoms with Crippen LogP contribution in [0, 0.1) is 5.82 Å². The monoisotopic (exact) mass is 479 g/mol. The van der Waals surface area contributed by atoms with Crippen LogP contribution < -0.4 is 10.9 Å². The largest absolute Gasteiger partial charge is 0.416 e. The van der Waals surface area contributed by atoms with Gasteiger partial charge in [0.2, 0.25) is 5.95 Å². The molecule has 0 unspecified atom stereocenters. The van der Waals surface area contributed by atoms with E-state index in [2.05, 4.69) is 15.3 Å². The number of hydrogen-bond acceptors (Lipinski definition) is 4. The Morgan fingerprint density at radius 2 is 1.85 bits per heavy atom. The molecule has 0 spiro atoms. The van der Waals surface area contributed by atoms with E-state index in [0.29, 0.717) is 29.0 Å². The molecule has 0 saturated heterocycles. The molecule has 0 saturated carbocycles. The molecule has 2 aromatic carbocycles. The Hall–Kier alpha value is -3.40. The van der Waals surface area contributed by atoms with E-state index in [1.165, 1.54) is 10.9 Å². The zero-order valence-electron chi connectivity index (χ0n) is 17.3. The normalized spacial score (nSPS) is 11.8. The Morgan fingerprint density at radius 3 is 2.48 bits per heavy atom. The lowest BCUT2D eigenvalue weighted by atomic mass is 10.1. The lowest BCUT2D eigenvalue weighted by Crippen LogP contribution is -2.25. The SMILES string of the molecule is CCn1cnc2c(=O)n(-c3ccc(Cl)cc3)c(NCCc3ccc(C(F)(F)F)cc3F)nc21. The quantitative estimate of drug-likeness (QED) is 0.392. The molecule has 33 heavy (non-hydrogen) atoms. The number of alkyl halides is 3. The molecule has 0 fully saturated rings. The molecular weight excluding hydrogens is 462 g/mol. The molecule has 0 radical (unpaired) electrons. The van der Waals surface area contributed by atoms with Crippen molar-refractivity contribution in [3.8, 4) is 5.69 Å². The second-order valence-corrected chi connectivity index (χ2v) is 7.67. The van der Waals surface area contributed by atoms with E-state index in [9.17, 15) is 22.4 Å². The van der Waals surface area contributed by atoms with Gasteiger partial charge in [0.05, 0.1) is 17.6 Å². The minimum atomic E-state index is -4.62. The fraction of sp³-hybridized carbons (Fsp3) is 0.227. The van der Waals surface area contributed by atoms with Crippen molar-refractivity contribution >= 4 is 28.7 Å². The van der Waals surface area contributed by atoms with E-state index in [1.54, 1.807) is 28.8 Å². The summed E-state index contributed by atoms with van der Waals surface area (Å²) in [4.78, 5) is 21.9. The van der Waals surface area contributed by atoms with Crippen LogP contribution in [0.3, 0.4) is 0 Å². The van der Waals surface area contributed by atoms with Crippen molar-refractivity contribution in [1.82, 2.24) is 19.1 Å². The van der Waals surface area contributed by atoms with Crippen molar-refractivity contribution in [2.24, 2.45) is 0 Å². The van der Waals surface area contributed by atoms with Gasteiger partial charge >= 0.3 is 6.18 Å². The number of benzene rings is 2. The number of aromatic nitrogens is 4. The Kier molecular flexibility index (Phi) is 6.11. The molecule has 172 valence electrons. The van der Waals surface area contributed by atoms with E-state index < -0.39 is 23.1 Å². The fourth-order valence-corrected chi connectivity index (χ4v) is 3.54. The van der Waals surface area contributed by atoms with Crippen LogP contribution in [-0.2, 0) is 19.1 Å². The summed E-state index contributed by atoms with van der Waals surface area (Å²) in [5.41, 5.74) is -0.281. The van der Waals surface area contributed by atoms with Crippen LogP contribution in [0.5, 0.6) is 0 Å². The molecule has 0 amide bonds. The van der Waals surface area contributed by atoms with E-state index in [0.717, 1.165) is 12.1 Å². The van der Waals surface area contributed by atoms with Crippen LogP contribution in [0.15, 0.2) is 53.6 Å². The number of anilines is 1. The van der Waals surface area contributed by atoms with Crippen LogP contribution in [0.2, 0.25) is 5.02 Å². The van der Waals surface area contributed by atoms with Crippen molar-refractivity contribution in [3.63, 3.8) is 0 Å². The van der Waals surface area contributed by atoms with Gasteiger partial charge in [0.25, 0.3) is 5.56 Å². The average molecular weight is 480 g/mol. The maximum Gasteiger partial charge on any atom is 0.416 e. The third-order valence-corrected chi connectivity index (χ3v) is 5.37. The first-order valence-electron chi connectivity index (χ1n) is 10.0. The summed E-state index contributed by atoms with van der Waals surface area (Å²) >= 11 is 5.96. The van der Waals surface area contributed by atoms with Gasteiger partial charge in [-0.05, 0) is 55.3 Å². The number of nitrogens with zero attached hydrogens (tertiary/aromatic N) is 4. The van der Waals surface area contributed by atoms with Crippen molar-refractivity contribution in [2.45, 2.75) is 26.1 Å². The fourth-order valence-electron chi connectivity index (χ4n) is 3.41. The minimum Gasteiger partial charge on any atom is -0.355 e. The third kappa shape index (κ3) is 4.56. The Labute approximate surface area is 190 Å². The first kappa shape index (κ1) is 22.8. The number of halogens is 5. The van der Waals surface area contributed by atoms with Crippen molar-refractivity contribution < 1.29 is 17.6 Å². The molecule has 2 heterocycles. The maximum absolute atomic E-state index is 14.2. The number of rotatable bonds is 6. The number of imidazole rings is 1. The molecular formula is C22H18ClF4N5O. The summed E-state index contributed by atoms with van der Waals surface area (Å²) in [5, 5.41) is 3.50. The highest BCUT2D eigenvalue weighted by molar-refractivity contribution is 6.30. The van der Waals surface area contributed by atoms with Gasteiger partial charge in [-0.3, -0.25) is 4.79 Å². The summed E-state index contributed by atoms with van der Waals surface area (Å²) in [6, 6.07) is 8.97. The molecule has 0 aliphatic heterocycles. The van der Waals surface area contributed by atoms with Gasteiger partial charge in [-0.25, -0.2) is 13.9 Å². The van der Waals surface area contributed by atoms with Gasteiger partial charge in [0.1, 0.15) is 5.82 Å². The Balaban J connectivity index is 1.67. The summed E-state index contributed by atoms with van der Waals surface area (Å²) in [5.74, 6) is -0.758. The molecule has 0 aliphatic carbocycles. The van der Waals surface area contributed by atoms with Crippen LogP contribution in [-0.4, -0.2) is 25.6 Å². The van der Waals surface area contributed by atoms with Crippen LogP contribution in [0.25, 0.3) is 16.9 Å². The van der Waals surface area contributed by atoms with Crippen LogP contribution in [0.1, 0.15) is 18.1 Å². The number of aryl methyl sites for hydroxylation is 1. The highest BCUT2D eigenvalue weighted by Crippen LogP contribution is 2.30. The number of nitrogens with one attached hydrogen (secondary N) is 1. The lowest BCUT2D eigenvalue weighted by molar-refractivity contribution is -0.137. The van der Waals surface area contributed by atoms with Gasteiger partial charge in [-0.2, -0.15) is 18.2 Å². The molecule has 1 N–H and O–H groups in total. The van der Waals surface area contributed by atoms with Gasteiger partial charge < -0.3 is 9.88 Å². The highest BCUT2D eigenvalue weighted by atomic mass is 35.5. The topological polar surface area (TPSA) is 64.7 Å². The van der Waals surface area contributed by atoms with Gasteiger partial charge in [-0.15, -0.1) is 0 Å². The van der Waals surface area contributed by atoms with Gasteiger partial charge in [0.15, 0.2) is 11.2 Å². The zero-order chi connectivity index (χ0) is 23.8. The molecule has 2 aromatic heterocycles. The van der Waals surface area contributed by atoms with Crippen LogP contribution >= 0.6 is 11.6 Å². The average Bonchev–Trinajstić information content (AvgIpc) is 3.18. The molecule has 4 rings (SSSR count).